The molecule has 0 radical (unpaired) electrons. The molecule has 5 nitrogen and oxygen atoms in total. The van der Waals surface area contributed by atoms with Crippen molar-refractivity contribution in [1.82, 2.24) is 9.78 Å². The maximum atomic E-state index is 13.7. The van der Waals surface area contributed by atoms with Gasteiger partial charge in [0.25, 0.3) is 10.0 Å². The van der Waals surface area contributed by atoms with Gasteiger partial charge in [0.15, 0.2) is 0 Å². The second-order valence-corrected chi connectivity index (χ2v) is 9.97. The van der Waals surface area contributed by atoms with Crippen LogP contribution in [0.25, 0.3) is 10.6 Å². The molecule has 1 aliphatic rings. The highest BCUT2D eigenvalue weighted by molar-refractivity contribution is 7.93. The van der Waals surface area contributed by atoms with Crippen LogP contribution < -0.4 is 4.31 Å². The molecule has 0 saturated heterocycles. The van der Waals surface area contributed by atoms with Crippen molar-refractivity contribution >= 4 is 27.0 Å². The van der Waals surface area contributed by atoms with Crippen LogP contribution in [0.3, 0.4) is 0 Å². The Morgan fingerprint density at radius 2 is 1.93 bits per heavy atom. The molecule has 0 unspecified atom stereocenters. The fraction of sp³-hybridized carbons (Fsp3) is 0.381. The molecule has 148 valence electrons. The number of rotatable bonds is 6. The Balaban J connectivity index is 1.85. The van der Waals surface area contributed by atoms with E-state index in [9.17, 15) is 8.42 Å². The summed E-state index contributed by atoms with van der Waals surface area (Å²) in [7, 11) is -3.74. The van der Waals surface area contributed by atoms with Crippen LogP contribution in [-0.4, -0.2) is 24.7 Å². The van der Waals surface area contributed by atoms with Crippen LogP contribution >= 0.6 is 11.3 Å². The van der Waals surface area contributed by atoms with Crippen LogP contribution in [0.2, 0.25) is 0 Å². The number of anilines is 1. The zero-order chi connectivity index (χ0) is 19.7. The Morgan fingerprint density at radius 3 is 2.57 bits per heavy atom. The average molecular weight is 416 g/mol. The fourth-order valence-corrected chi connectivity index (χ4v) is 6.40. The van der Waals surface area contributed by atoms with Gasteiger partial charge in [-0.05, 0) is 49.8 Å². The lowest BCUT2D eigenvalue weighted by molar-refractivity contribution is 0.467. The molecule has 0 spiro atoms. The minimum atomic E-state index is -3.74. The molecule has 1 fully saturated rings. The summed E-state index contributed by atoms with van der Waals surface area (Å²) in [5.74, 6) is 0. The van der Waals surface area contributed by atoms with E-state index >= 15 is 0 Å². The van der Waals surface area contributed by atoms with E-state index in [1.807, 2.05) is 60.3 Å². The highest BCUT2D eigenvalue weighted by Gasteiger charge is 2.32. The van der Waals surface area contributed by atoms with Gasteiger partial charge in [0.05, 0.1) is 16.6 Å². The summed E-state index contributed by atoms with van der Waals surface area (Å²) in [6.45, 7) is 4.18. The largest absolute Gasteiger partial charge is 0.268 e. The first-order chi connectivity index (χ1) is 13.5. The monoisotopic (exact) mass is 415 g/mol. The summed E-state index contributed by atoms with van der Waals surface area (Å²) >= 11 is 1.52. The minimum Gasteiger partial charge on any atom is -0.268 e. The molecule has 0 aliphatic heterocycles. The number of benzene rings is 1. The van der Waals surface area contributed by atoms with Crippen molar-refractivity contribution in [2.75, 3.05) is 10.8 Å². The van der Waals surface area contributed by atoms with Gasteiger partial charge in [0.2, 0.25) is 0 Å². The van der Waals surface area contributed by atoms with E-state index in [-0.39, 0.29) is 6.04 Å². The van der Waals surface area contributed by atoms with E-state index in [0.29, 0.717) is 17.1 Å². The second kappa shape index (κ2) is 7.72. The van der Waals surface area contributed by atoms with Crippen LogP contribution in [0.4, 0.5) is 5.69 Å². The first-order valence-corrected chi connectivity index (χ1v) is 12.1. The highest BCUT2D eigenvalue weighted by Crippen LogP contribution is 2.37. The summed E-state index contributed by atoms with van der Waals surface area (Å²) < 4.78 is 30.9. The summed E-state index contributed by atoms with van der Waals surface area (Å²) in [6, 6.07) is 11.8. The summed E-state index contributed by atoms with van der Waals surface area (Å²) in [6.07, 6.45) is 6.21. The Bertz CT molecular complexity index is 1050. The Labute approximate surface area is 170 Å². The number of sulfonamides is 1. The topological polar surface area (TPSA) is 55.2 Å². The molecular weight excluding hydrogens is 390 g/mol. The number of hydrogen-bond acceptors (Lipinski definition) is 4. The normalized spacial score (nSPS) is 15.2. The number of hydrogen-bond donors (Lipinski definition) is 0. The summed E-state index contributed by atoms with van der Waals surface area (Å²) in [4.78, 5) is 1.18. The minimum absolute atomic E-state index is 0.288. The van der Waals surface area contributed by atoms with Crippen LogP contribution in [0, 0.1) is 6.92 Å². The lowest BCUT2D eigenvalue weighted by Crippen LogP contribution is -2.31. The lowest BCUT2D eigenvalue weighted by atomic mass is 10.2. The molecule has 1 aromatic carbocycles. The van der Waals surface area contributed by atoms with Gasteiger partial charge in [0.1, 0.15) is 10.6 Å². The van der Waals surface area contributed by atoms with Gasteiger partial charge >= 0.3 is 0 Å². The van der Waals surface area contributed by atoms with E-state index in [0.717, 1.165) is 29.0 Å². The van der Waals surface area contributed by atoms with Gasteiger partial charge in [-0.15, -0.1) is 11.3 Å². The number of nitrogens with zero attached hydrogens (tertiary/aromatic N) is 3. The van der Waals surface area contributed by atoms with Gasteiger partial charge in [-0.1, -0.05) is 37.1 Å². The molecule has 0 bridgehead atoms. The van der Waals surface area contributed by atoms with Crippen LogP contribution in [-0.2, 0) is 10.0 Å². The van der Waals surface area contributed by atoms with Gasteiger partial charge in [-0.2, -0.15) is 5.10 Å². The van der Waals surface area contributed by atoms with E-state index in [1.54, 1.807) is 6.20 Å². The van der Waals surface area contributed by atoms with E-state index in [1.165, 1.54) is 28.5 Å². The molecule has 0 atom stereocenters. The molecule has 7 heteroatoms. The van der Waals surface area contributed by atoms with Crippen molar-refractivity contribution in [2.24, 2.45) is 0 Å². The Morgan fingerprint density at radius 1 is 1.18 bits per heavy atom. The van der Waals surface area contributed by atoms with E-state index in [2.05, 4.69) is 0 Å². The third-order valence-corrected chi connectivity index (χ3v) is 8.16. The molecule has 3 aromatic rings. The molecule has 28 heavy (non-hydrogen) atoms. The first-order valence-electron chi connectivity index (χ1n) is 9.73. The first kappa shape index (κ1) is 19.2. The quantitative estimate of drug-likeness (QED) is 0.552. The number of aryl methyl sites for hydroxylation is 1. The van der Waals surface area contributed by atoms with Crippen LogP contribution in [0.15, 0.2) is 52.9 Å². The Hall–Kier alpha value is -2.12. The van der Waals surface area contributed by atoms with Crippen molar-refractivity contribution in [1.29, 1.82) is 0 Å². The van der Waals surface area contributed by atoms with Crippen molar-refractivity contribution in [3.63, 3.8) is 0 Å². The highest BCUT2D eigenvalue weighted by atomic mass is 32.2. The zero-order valence-electron chi connectivity index (χ0n) is 16.2. The van der Waals surface area contributed by atoms with Crippen LogP contribution in [0.5, 0.6) is 0 Å². The Kier molecular flexibility index (Phi) is 5.29. The summed E-state index contributed by atoms with van der Waals surface area (Å²) in [5.41, 5.74) is 2.22. The van der Waals surface area contributed by atoms with Gasteiger partial charge < -0.3 is 0 Å². The third kappa shape index (κ3) is 3.37. The van der Waals surface area contributed by atoms with Crippen molar-refractivity contribution in [3.05, 3.63) is 53.5 Å². The van der Waals surface area contributed by atoms with E-state index in [4.69, 9.17) is 5.10 Å². The van der Waals surface area contributed by atoms with Gasteiger partial charge in [-0.3, -0.25) is 8.99 Å². The molecule has 0 amide bonds. The number of aromatic nitrogens is 2. The van der Waals surface area contributed by atoms with Crippen molar-refractivity contribution in [2.45, 2.75) is 50.5 Å². The molecule has 2 heterocycles. The number of thiophene rings is 1. The lowest BCUT2D eigenvalue weighted by Gasteiger charge is -2.24. The predicted octanol–water partition coefficient (Wildman–Crippen LogP) is 5.25. The maximum Gasteiger partial charge on any atom is 0.268 e. The van der Waals surface area contributed by atoms with Crippen molar-refractivity contribution < 1.29 is 8.42 Å². The third-order valence-electron chi connectivity index (χ3n) is 5.39. The second-order valence-electron chi connectivity index (χ2n) is 7.19. The van der Waals surface area contributed by atoms with Gasteiger partial charge in [-0.25, -0.2) is 8.42 Å². The van der Waals surface area contributed by atoms with Crippen molar-refractivity contribution in [3.8, 4) is 10.6 Å². The van der Waals surface area contributed by atoms with Gasteiger partial charge in [0, 0.05) is 12.7 Å². The molecule has 1 saturated carbocycles. The fourth-order valence-electron chi connectivity index (χ4n) is 3.94. The maximum absolute atomic E-state index is 13.7. The molecular formula is C21H25N3O2S2. The standard InChI is InChI=1S/C21H25N3O2S2/c1-3-24(18-12-7-4-9-16(18)2)28(25,26)20-15-23(17-10-5-6-11-17)22-21(20)19-13-8-14-27-19/h4,7-9,12-15,17H,3,5-6,10-11H2,1-2H3. The number of para-hydroxylation sites is 1. The molecule has 0 N–H and O–H groups in total. The molecule has 2 aromatic heterocycles. The SMILES string of the molecule is CCN(c1ccccc1C)S(=O)(=O)c1cn(C2CCCC2)nc1-c1cccs1. The average Bonchev–Trinajstić information content (AvgIpc) is 3.43. The molecule has 4 rings (SSSR count). The van der Waals surface area contributed by atoms with Crippen LogP contribution in [0.1, 0.15) is 44.2 Å². The molecule has 1 aliphatic carbocycles. The smallest absolute Gasteiger partial charge is 0.268 e. The predicted molar refractivity (Wildman–Crippen MR) is 114 cm³/mol. The summed E-state index contributed by atoms with van der Waals surface area (Å²) in [5, 5.41) is 6.71. The van der Waals surface area contributed by atoms with E-state index < -0.39 is 10.0 Å². The zero-order valence-corrected chi connectivity index (χ0v) is 17.8.